The van der Waals surface area contributed by atoms with Gasteiger partial charge in [-0.15, -0.1) is 0 Å². The summed E-state index contributed by atoms with van der Waals surface area (Å²) in [4.78, 5) is 20.9. The average molecular weight is 382 g/mol. The van der Waals surface area contributed by atoms with Crippen molar-refractivity contribution >= 4 is 22.6 Å². The number of carbonyl (C=O) groups excluding carboxylic acids is 1. The van der Waals surface area contributed by atoms with E-state index in [2.05, 4.69) is 20.6 Å². The molecule has 0 saturated heterocycles. The second kappa shape index (κ2) is 7.43. The minimum Gasteiger partial charge on any atom is -0.370 e. The van der Waals surface area contributed by atoms with Crippen molar-refractivity contribution in [3.05, 3.63) is 84.4 Å². The minimum absolute atomic E-state index is 0.00726. The predicted octanol–water partition coefficient (Wildman–Crippen LogP) is 4.66. The first-order valence-corrected chi connectivity index (χ1v) is 9.93. The second-order valence-corrected chi connectivity index (χ2v) is 7.45. The summed E-state index contributed by atoms with van der Waals surface area (Å²) in [6, 6.07) is 25.7. The molecule has 144 valence electrons. The molecule has 0 unspecified atom stereocenters. The van der Waals surface area contributed by atoms with Crippen molar-refractivity contribution < 1.29 is 4.79 Å². The fourth-order valence-corrected chi connectivity index (χ4v) is 3.47. The van der Waals surface area contributed by atoms with Gasteiger partial charge in [-0.1, -0.05) is 54.6 Å². The van der Waals surface area contributed by atoms with Crippen molar-refractivity contribution in [3.63, 3.8) is 0 Å². The van der Waals surface area contributed by atoms with Gasteiger partial charge < -0.3 is 15.6 Å². The van der Waals surface area contributed by atoms with Crippen LogP contribution < -0.4 is 10.6 Å². The Balaban J connectivity index is 1.44. The summed E-state index contributed by atoms with van der Waals surface area (Å²) in [7, 11) is 0. The van der Waals surface area contributed by atoms with Crippen LogP contribution in [-0.4, -0.2) is 21.9 Å². The molecule has 1 saturated carbocycles. The van der Waals surface area contributed by atoms with E-state index in [1.54, 1.807) is 0 Å². The van der Waals surface area contributed by atoms with E-state index in [9.17, 15) is 4.79 Å². The van der Waals surface area contributed by atoms with Crippen LogP contribution in [0.25, 0.3) is 22.4 Å². The number of aromatic nitrogens is 2. The molecule has 0 bridgehead atoms. The number of rotatable bonds is 6. The molecule has 1 aliphatic carbocycles. The van der Waals surface area contributed by atoms with E-state index >= 15 is 0 Å². The van der Waals surface area contributed by atoms with Crippen LogP contribution in [0.15, 0.2) is 78.9 Å². The van der Waals surface area contributed by atoms with Crippen molar-refractivity contribution in [1.82, 2.24) is 15.3 Å². The number of nitrogens with zero attached hydrogens (tertiary/aromatic N) is 1. The number of para-hydroxylation sites is 2. The Hall–Kier alpha value is -3.60. The van der Waals surface area contributed by atoms with Crippen LogP contribution in [0, 0.1) is 0 Å². The summed E-state index contributed by atoms with van der Waals surface area (Å²) in [5, 5.41) is 6.54. The van der Waals surface area contributed by atoms with Crippen molar-refractivity contribution in [2.75, 3.05) is 5.32 Å². The van der Waals surface area contributed by atoms with E-state index in [1.165, 1.54) is 0 Å². The molecule has 0 aliphatic heterocycles. The number of H-pyrrole nitrogens is 1. The lowest BCUT2D eigenvalue weighted by molar-refractivity contribution is -0.122. The number of fused-ring (bicyclic) bond motifs is 1. The molecule has 5 rings (SSSR count). The minimum atomic E-state index is -0.442. The molecule has 1 amide bonds. The van der Waals surface area contributed by atoms with Crippen LogP contribution in [0.1, 0.15) is 24.4 Å². The number of amides is 1. The average Bonchev–Trinajstić information content (AvgIpc) is 3.46. The van der Waals surface area contributed by atoms with E-state index in [-0.39, 0.29) is 5.91 Å². The Morgan fingerprint density at radius 3 is 2.55 bits per heavy atom. The molecule has 1 heterocycles. The summed E-state index contributed by atoms with van der Waals surface area (Å²) >= 11 is 0. The monoisotopic (exact) mass is 382 g/mol. The fraction of sp³-hybridized carbons (Fsp3) is 0.167. The highest BCUT2D eigenvalue weighted by Crippen LogP contribution is 2.27. The number of anilines is 1. The standard InChI is InChI=1S/C24H22N4O/c29-24(26-18-13-14-18)22(16-7-2-1-3-8-16)25-19-10-6-9-17(15-19)23-27-20-11-4-5-12-21(20)28-23/h1-12,15,18,22,25H,13-14H2,(H,26,29)(H,27,28)/t22-/m1/s1. The summed E-state index contributed by atoms with van der Waals surface area (Å²) < 4.78 is 0. The highest BCUT2D eigenvalue weighted by atomic mass is 16.2. The number of hydrogen-bond acceptors (Lipinski definition) is 3. The van der Waals surface area contributed by atoms with Crippen LogP contribution in [0.2, 0.25) is 0 Å². The Morgan fingerprint density at radius 1 is 0.966 bits per heavy atom. The van der Waals surface area contributed by atoms with Gasteiger partial charge in [-0.2, -0.15) is 0 Å². The Morgan fingerprint density at radius 2 is 1.76 bits per heavy atom. The first kappa shape index (κ1) is 17.5. The summed E-state index contributed by atoms with van der Waals surface area (Å²) in [6.45, 7) is 0. The first-order chi connectivity index (χ1) is 14.3. The number of imidazole rings is 1. The van der Waals surface area contributed by atoms with E-state index in [0.29, 0.717) is 6.04 Å². The smallest absolute Gasteiger partial charge is 0.247 e. The third-order valence-electron chi connectivity index (χ3n) is 5.16. The van der Waals surface area contributed by atoms with Gasteiger partial charge >= 0.3 is 0 Å². The van der Waals surface area contributed by atoms with E-state index in [4.69, 9.17) is 0 Å². The van der Waals surface area contributed by atoms with E-state index in [1.807, 2.05) is 78.9 Å². The maximum Gasteiger partial charge on any atom is 0.247 e. The lowest BCUT2D eigenvalue weighted by Gasteiger charge is -2.20. The van der Waals surface area contributed by atoms with Crippen LogP contribution >= 0.6 is 0 Å². The second-order valence-electron chi connectivity index (χ2n) is 7.45. The zero-order valence-corrected chi connectivity index (χ0v) is 15.9. The molecule has 4 aromatic rings. The molecule has 29 heavy (non-hydrogen) atoms. The lowest BCUT2D eigenvalue weighted by Crippen LogP contribution is -2.34. The van der Waals surface area contributed by atoms with Crippen LogP contribution in [0.4, 0.5) is 5.69 Å². The predicted molar refractivity (Wildman–Crippen MR) is 116 cm³/mol. The Bertz CT molecular complexity index is 1110. The number of benzene rings is 3. The number of aromatic amines is 1. The molecule has 0 radical (unpaired) electrons. The molecule has 3 N–H and O–H groups in total. The molecule has 1 aromatic heterocycles. The van der Waals surface area contributed by atoms with E-state index in [0.717, 1.165) is 46.5 Å². The van der Waals surface area contributed by atoms with Gasteiger partial charge in [0.2, 0.25) is 5.91 Å². The maximum atomic E-state index is 12.9. The largest absolute Gasteiger partial charge is 0.370 e. The van der Waals surface area contributed by atoms with Crippen LogP contribution in [-0.2, 0) is 4.79 Å². The van der Waals surface area contributed by atoms with Gasteiger partial charge in [0.15, 0.2) is 0 Å². The van der Waals surface area contributed by atoms with Gasteiger partial charge in [0.1, 0.15) is 11.9 Å². The third-order valence-corrected chi connectivity index (χ3v) is 5.16. The fourth-order valence-electron chi connectivity index (χ4n) is 3.47. The Kier molecular flexibility index (Phi) is 4.48. The molecule has 5 heteroatoms. The lowest BCUT2D eigenvalue weighted by atomic mass is 10.1. The summed E-state index contributed by atoms with van der Waals surface area (Å²) in [5.41, 5.74) is 4.74. The zero-order valence-electron chi connectivity index (χ0n) is 15.9. The molecule has 0 spiro atoms. The quantitative estimate of drug-likeness (QED) is 0.454. The normalized spacial score (nSPS) is 14.5. The van der Waals surface area contributed by atoms with Gasteiger partial charge in [-0.25, -0.2) is 4.98 Å². The van der Waals surface area contributed by atoms with Gasteiger partial charge in [-0.3, -0.25) is 4.79 Å². The zero-order chi connectivity index (χ0) is 19.6. The number of carbonyl (C=O) groups is 1. The molecular weight excluding hydrogens is 360 g/mol. The Labute approximate surface area is 169 Å². The highest BCUT2D eigenvalue weighted by Gasteiger charge is 2.28. The van der Waals surface area contributed by atoms with Gasteiger partial charge in [0.05, 0.1) is 11.0 Å². The SMILES string of the molecule is O=C(NC1CC1)[C@H](Nc1cccc(-c2nc3ccccc3[nH]2)c1)c1ccccc1. The van der Waals surface area contributed by atoms with Gasteiger partial charge in [0, 0.05) is 17.3 Å². The highest BCUT2D eigenvalue weighted by molar-refractivity contribution is 5.87. The van der Waals surface area contributed by atoms with Crippen LogP contribution in [0.5, 0.6) is 0 Å². The summed E-state index contributed by atoms with van der Waals surface area (Å²) in [6.07, 6.45) is 2.13. The van der Waals surface area contributed by atoms with Crippen molar-refractivity contribution in [1.29, 1.82) is 0 Å². The van der Waals surface area contributed by atoms with Gasteiger partial charge in [-0.05, 0) is 42.7 Å². The number of hydrogen-bond donors (Lipinski definition) is 3. The topological polar surface area (TPSA) is 69.8 Å². The van der Waals surface area contributed by atoms with E-state index < -0.39 is 6.04 Å². The maximum absolute atomic E-state index is 12.9. The number of nitrogens with one attached hydrogen (secondary N) is 3. The summed E-state index contributed by atoms with van der Waals surface area (Å²) in [5.74, 6) is 0.821. The van der Waals surface area contributed by atoms with Gasteiger partial charge in [0.25, 0.3) is 0 Å². The molecular formula is C24H22N4O. The first-order valence-electron chi connectivity index (χ1n) is 9.93. The molecule has 1 aliphatic rings. The van der Waals surface area contributed by atoms with Crippen LogP contribution in [0.3, 0.4) is 0 Å². The third kappa shape index (κ3) is 3.85. The van der Waals surface area contributed by atoms with Crippen molar-refractivity contribution in [2.24, 2.45) is 0 Å². The molecule has 5 nitrogen and oxygen atoms in total. The molecule has 1 fully saturated rings. The molecule has 3 aromatic carbocycles. The molecule has 1 atom stereocenters. The van der Waals surface area contributed by atoms with Crippen molar-refractivity contribution in [3.8, 4) is 11.4 Å². The van der Waals surface area contributed by atoms with Crippen molar-refractivity contribution in [2.45, 2.75) is 24.9 Å².